The first kappa shape index (κ1) is 18.1. The molecule has 136 valence electrons. The van der Waals surface area contributed by atoms with Crippen LogP contribution in [0.3, 0.4) is 0 Å². The number of β-amino-alcohol motifs (C(OH)–C–C–N with tert-alkyl or cyclic N) is 1. The Morgan fingerprint density at radius 3 is 2.52 bits per heavy atom. The van der Waals surface area contributed by atoms with E-state index in [-0.39, 0.29) is 0 Å². The molecule has 6 heteroatoms. The van der Waals surface area contributed by atoms with Crippen LogP contribution in [0.2, 0.25) is 0 Å². The summed E-state index contributed by atoms with van der Waals surface area (Å²) in [6, 6.07) is 10.1. The summed E-state index contributed by atoms with van der Waals surface area (Å²) in [6.07, 6.45) is 3.39. The molecule has 0 bridgehead atoms. The van der Waals surface area contributed by atoms with E-state index in [4.69, 9.17) is 4.74 Å². The lowest BCUT2D eigenvalue weighted by Gasteiger charge is -2.35. The van der Waals surface area contributed by atoms with E-state index in [0.29, 0.717) is 19.8 Å². The second-order valence-corrected chi connectivity index (χ2v) is 6.69. The van der Waals surface area contributed by atoms with Crippen molar-refractivity contribution in [3.8, 4) is 0 Å². The number of aryl methyl sites for hydroxylation is 1. The quantitative estimate of drug-likeness (QED) is 0.778. The van der Waals surface area contributed by atoms with Crippen molar-refractivity contribution in [2.45, 2.75) is 19.3 Å². The van der Waals surface area contributed by atoms with Gasteiger partial charge in [-0.2, -0.15) is 0 Å². The van der Waals surface area contributed by atoms with Gasteiger partial charge in [-0.05, 0) is 5.56 Å². The second-order valence-electron chi connectivity index (χ2n) is 6.69. The number of nitrogens with zero attached hydrogens (tertiary/aromatic N) is 4. The van der Waals surface area contributed by atoms with E-state index in [0.717, 1.165) is 44.1 Å². The predicted octanol–water partition coefficient (Wildman–Crippen LogP) is 1.12. The molecule has 0 radical (unpaired) electrons. The Balaban J connectivity index is 1.32. The number of piperazine rings is 1. The molecular weight excluding hydrogens is 316 g/mol. The minimum atomic E-state index is -0.440. The maximum Gasteiger partial charge on any atom is 0.122 e. The van der Waals surface area contributed by atoms with Crippen LogP contribution >= 0.6 is 0 Å². The first-order chi connectivity index (χ1) is 12.2. The molecule has 0 spiro atoms. The van der Waals surface area contributed by atoms with Crippen molar-refractivity contribution in [2.75, 3.05) is 39.3 Å². The third-order valence-electron chi connectivity index (χ3n) is 4.64. The zero-order valence-corrected chi connectivity index (χ0v) is 14.9. The van der Waals surface area contributed by atoms with Gasteiger partial charge in [0.1, 0.15) is 5.82 Å². The molecule has 1 fully saturated rings. The largest absolute Gasteiger partial charge is 0.389 e. The summed E-state index contributed by atoms with van der Waals surface area (Å²) < 4.78 is 7.70. The Morgan fingerprint density at radius 2 is 1.84 bits per heavy atom. The number of aromatic nitrogens is 2. The lowest BCUT2D eigenvalue weighted by atomic mass is 10.2. The average molecular weight is 344 g/mol. The zero-order chi connectivity index (χ0) is 17.5. The third-order valence-corrected chi connectivity index (χ3v) is 4.64. The van der Waals surface area contributed by atoms with Crippen LogP contribution in [0.5, 0.6) is 0 Å². The maximum absolute atomic E-state index is 10.2. The second kappa shape index (κ2) is 9.10. The highest BCUT2D eigenvalue weighted by Gasteiger charge is 2.20. The normalized spacial score (nSPS) is 17.7. The van der Waals surface area contributed by atoms with Crippen molar-refractivity contribution in [3.63, 3.8) is 0 Å². The van der Waals surface area contributed by atoms with Gasteiger partial charge in [-0.1, -0.05) is 30.3 Å². The zero-order valence-electron chi connectivity index (χ0n) is 14.9. The third kappa shape index (κ3) is 5.64. The average Bonchev–Trinajstić information content (AvgIpc) is 3.02. The van der Waals surface area contributed by atoms with E-state index >= 15 is 0 Å². The number of benzene rings is 1. The molecule has 1 N–H and O–H groups in total. The topological polar surface area (TPSA) is 53.8 Å². The summed E-state index contributed by atoms with van der Waals surface area (Å²) in [5.41, 5.74) is 1.14. The number of hydrogen-bond acceptors (Lipinski definition) is 5. The van der Waals surface area contributed by atoms with Gasteiger partial charge in [-0.15, -0.1) is 0 Å². The lowest BCUT2D eigenvalue weighted by molar-refractivity contribution is 0.000673. The van der Waals surface area contributed by atoms with Crippen LogP contribution in [0, 0.1) is 0 Å². The predicted molar refractivity (Wildman–Crippen MR) is 97.0 cm³/mol. The summed E-state index contributed by atoms with van der Waals surface area (Å²) >= 11 is 0. The van der Waals surface area contributed by atoms with Crippen LogP contribution in [0.25, 0.3) is 0 Å². The van der Waals surface area contributed by atoms with E-state index in [2.05, 4.69) is 19.4 Å². The molecule has 0 unspecified atom stereocenters. The Kier molecular flexibility index (Phi) is 6.58. The van der Waals surface area contributed by atoms with Crippen LogP contribution < -0.4 is 0 Å². The number of rotatable bonds is 8. The molecule has 1 saturated heterocycles. The van der Waals surface area contributed by atoms with Crippen LogP contribution in [0.4, 0.5) is 0 Å². The maximum atomic E-state index is 10.2. The van der Waals surface area contributed by atoms with Crippen molar-refractivity contribution >= 4 is 0 Å². The Bertz CT molecular complexity index is 623. The SMILES string of the molecule is Cn1ccnc1CN1CCN(C[C@@H](O)COCc2ccccc2)CC1. The summed E-state index contributed by atoms with van der Waals surface area (Å²) in [7, 11) is 2.03. The van der Waals surface area contributed by atoms with Crippen LogP contribution in [-0.2, 0) is 24.9 Å². The van der Waals surface area contributed by atoms with Gasteiger partial charge >= 0.3 is 0 Å². The number of ether oxygens (including phenoxy) is 1. The number of aliphatic hydroxyl groups excluding tert-OH is 1. The van der Waals surface area contributed by atoms with E-state index in [1.54, 1.807) is 0 Å². The molecule has 1 aliphatic rings. The Labute approximate surface area is 149 Å². The Morgan fingerprint density at radius 1 is 1.12 bits per heavy atom. The van der Waals surface area contributed by atoms with Crippen molar-refractivity contribution in [2.24, 2.45) is 7.05 Å². The minimum Gasteiger partial charge on any atom is -0.389 e. The fraction of sp³-hybridized carbons (Fsp3) is 0.526. The van der Waals surface area contributed by atoms with Crippen molar-refractivity contribution in [1.82, 2.24) is 19.4 Å². The highest BCUT2D eigenvalue weighted by atomic mass is 16.5. The van der Waals surface area contributed by atoms with Crippen LogP contribution in [-0.4, -0.2) is 69.9 Å². The number of aliphatic hydroxyl groups is 1. The number of hydrogen-bond donors (Lipinski definition) is 1. The first-order valence-electron chi connectivity index (χ1n) is 8.91. The van der Waals surface area contributed by atoms with Gasteiger partial charge in [0.2, 0.25) is 0 Å². The molecule has 2 heterocycles. The number of imidazole rings is 1. The molecule has 0 amide bonds. The minimum absolute atomic E-state index is 0.377. The van der Waals surface area contributed by atoms with Gasteiger partial charge in [-0.3, -0.25) is 9.80 Å². The molecule has 0 aliphatic carbocycles. The monoisotopic (exact) mass is 344 g/mol. The van der Waals surface area contributed by atoms with Gasteiger partial charge in [0.05, 0.1) is 25.9 Å². The van der Waals surface area contributed by atoms with Crippen LogP contribution in [0.15, 0.2) is 42.7 Å². The standard InChI is InChI=1S/C19H28N4O2/c1-21-8-7-20-19(21)14-23-11-9-22(10-12-23)13-18(24)16-25-15-17-5-3-2-4-6-17/h2-8,18,24H,9-16H2,1H3/t18-/m1/s1. The fourth-order valence-electron chi connectivity index (χ4n) is 3.12. The summed E-state index contributed by atoms with van der Waals surface area (Å²) in [5.74, 6) is 1.10. The molecule has 1 atom stereocenters. The van der Waals surface area contributed by atoms with E-state index < -0.39 is 6.10 Å². The molecule has 25 heavy (non-hydrogen) atoms. The summed E-state index contributed by atoms with van der Waals surface area (Å²) in [5, 5.41) is 10.2. The van der Waals surface area contributed by atoms with E-state index in [1.165, 1.54) is 0 Å². The molecule has 1 aromatic carbocycles. The van der Waals surface area contributed by atoms with Gasteiger partial charge < -0.3 is 14.4 Å². The smallest absolute Gasteiger partial charge is 0.122 e. The van der Waals surface area contributed by atoms with Crippen molar-refractivity contribution in [1.29, 1.82) is 0 Å². The molecule has 1 aliphatic heterocycles. The molecule has 2 aromatic rings. The fourth-order valence-corrected chi connectivity index (χ4v) is 3.12. The highest BCUT2D eigenvalue weighted by molar-refractivity contribution is 5.13. The summed E-state index contributed by atoms with van der Waals surface area (Å²) in [4.78, 5) is 9.11. The Hall–Kier alpha value is -1.73. The van der Waals surface area contributed by atoms with E-state index in [1.807, 2.05) is 49.8 Å². The van der Waals surface area contributed by atoms with Crippen molar-refractivity contribution < 1.29 is 9.84 Å². The first-order valence-corrected chi connectivity index (χ1v) is 8.91. The summed E-state index contributed by atoms with van der Waals surface area (Å²) in [6.45, 7) is 6.44. The van der Waals surface area contributed by atoms with Gasteiger partial charge in [0.25, 0.3) is 0 Å². The molecule has 1 aromatic heterocycles. The van der Waals surface area contributed by atoms with Crippen LogP contribution in [0.1, 0.15) is 11.4 Å². The van der Waals surface area contributed by atoms with Gasteiger partial charge in [-0.25, -0.2) is 4.98 Å². The van der Waals surface area contributed by atoms with Gasteiger partial charge in [0, 0.05) is 52.2 Å². The molecule has 0 saturated carbocycles. The molecule has 6 nitrogen and oxygen atoms in total. The lowest BCUT2D eigenvalue weighted by Crippen LogP contribution is -2.48. The molecule has 3 rings (SSSR count). The van der Waals surface area contributed by atoms with E-state index in [9.17, 15) is 5.11 Å². The van der Waals surface area contributed by atoms with Crippen molar-refractivity contribution in [3.05, 3.63) is 54.1 Å². The van der Waals surface area contributed by atoms with Gasteiger partial charge in [0.15, 0.2) is 0 Å². The highest BCUT2D eigenvalue weighted by Crippen LogP contribution is 2.08. The molecular formula is C19H28N4O2.